The van der Waals surface area contributed by atoms with Crippen molar-refractivity contribution in [1.82, 2.24) is 4.90 Å². The van der Waals surface area contributed by atoms with Crippen molar-refractivity contribution in [3.05, 3.63) is 59.7 Å². The summed E-state index contributed by atoms with van der Waals surface area (Å²) >= 11 is 0. The van der Waals surface area contributed by atoms with Crippen LogP contribution in [0.25, 0.3) is 0 Å². The van der Waals surface area contributed by atoms with Gasteiger partial charge in [-0.15, -0.1) is 0 Å². The van der Waals surface area contributed by atoms with E-state index in [0.717, 1.165) is 11.1 Å². The van der Waals surface area contributed by atoms with Gasteiger partial charge in [0, 0.05) is 24.2 Å². The highest BCUT2D eigenvalue weighted by molar-refractivity contribution is 5.80. The highest BCUT2D eigenvalue weighted by Gasteiger charge is 2.19. The smallest absolute Gasteiger partial charge is 0.227 e. The van der Waals surface area contributed by atoms with Gasteiger partial charge in [-0.05, 0) is 25.5 Å². The van der Waals surface area contributed by atoms with Gasteiger partial charge in [0.25, 0.3) is 0 Å². The second kappa shape index (κ2) is 8.39. The number of ether oxygens (including phenoxy) is 2. The van der Waals surface area contributed by atoms with Gasteiger partial charge < -0.3 is 14.4 Å². The first-order valence-electron chi connectivity index (χ1n) is 8.09. The lowest BCUT2D eigenvalue weighted by atomic mass is 10.1. The summed E-state index contributed by atoms with van der Waals surface area (Å²) in [6, 6.07) is 15.7. The summed E-state index contributed by atoms with van der Waals surface area (Å²) in [4.78, 5) is 14.7. The Morgan fingerprint density at radius 3 is 2.33 bits per heavy atom. The normalized spacial score (nSPS) is 10.5. The maximum atomic E-state index is 12.8. The van der Waals surface area contributed by atoms with Gasteiger partial charge >= 0.3 is 0 Å². The number of methoxy groups -OCH3 is 2. The second-order valence-corrected chi connectivity index (χ2v) is 5.96. The Bertz CT molecular complexity index is 668. The van der Waals surface area contributed by atoms with E-state index in [9.17, 15) is 4.79 Å². The molecule has 0 heterocycles. The van der Waals surface area contributed by atoms with Crippen molar-refractivity contribution in [3.63, 3.8) is 0 Å². The third kappa shape index (κ3) is 4.51. The fourth-order valence-electron chi connectivity index (χ4n) is 2.60. The molecule has 24 heavy (non-hydrogen) atoms. The monoisotopic (exact) mass is 327 g/mol. The lowest BCUT2D eigenvalue weighted by molar-refractivity contribution is -0.132. The van der Waals surface area contributed by atoms with Crippen molar-refractivity contribution in [3.8, 4) is 11.5 Å². The molecule has 0 atom stereocenters. The van der Waals surface area contributed by atoms with Gasteiger partial charge in [-0.3, -0.25) is 4.79 Å². The molecule has 2 rings (SSSR count). The van der Waals surface area contributed by atoms with Crippen LogP contribution in [0.3, 0.4) is 0 Å². The number of benzene rings is 2. The third-order valence-electron chi connectivity index (χ3n) is 3.98. The van der Waals surface area contributed by atoms with Crippen LogP contribution >= 0.6 is 0 Å². The Morgan fingerprint density at radius 1 is 1.04 bits per heavy atom. The third-order valence-corrected chi connectivity index (χ3v) is 3.98. The summed E-state index contributed by atoms with van der Waals surface area (Å²) in [6.45, 7) is 4.67. The van der Waals surface area contributed by atoms with Crippen LogP contribution in [-0.2, 0) is 17.8 Å². The summed E-state index contributed by atoms with van der Waals surface area (Å²) < 4.78 is 10.6. The molecule has 0 bridgehead atoms. The molecule has 0 aromatic heterocycles. The van der Waals surface area contributed by atoms with E-state index in [0.29, 0.717) is 24.5 Å². The van der Waals surface area contributed by atoms with Crippen molar-refractivity contribution in [2.75, 3.05) is 14.2 Å². The molecular weight excluding hydrogens is 302 g/mol. The van der Waals surface area contributed by atoms with Gasteiger partial charge in [0.1, 0.15) is 11.5 Å². The van der Waals surface area contributed by atoms with Gasteiger partial charge in [-0.1, -0.05) is 36.4 Å². The van der Waals surface area contributed by atoms with Crippen molar-refractivity contribution in [2.45, 2.75) is 32.9 Å². The molecule has 0 saturated carbocycles. The molecule has 0 saturated heterocycles. The minimum absolute atomic E-state index is 0.0809. The number of rotatable bonds is 7. The number of carbonyl (C=O) groups excluding carboxylic acids is 1. The van der Waals surface area contributed by atoms with E-state index < -0.39 is 0 Å². The molecule has 4 nitrogen and oxygen atoms in total. The molecule has 0 unspecified atom stereocenters. The molecule has 0 radical (unpaired) electrons. The van der Waals surface area contributed by atoms with E-state index >= 15 is 0 Å². The van der Waals surface area contributed by atoms with E-state index in [4.69, 9.17) is 9.47 Å². The maximum absolute atomic E-state index is 12.8. The zero-order valence-corrected chi connectivity index (χ0v) is 14.8. The largest absolute Gasteiger partial charge is 0.497 e. The Morgan fingerprint density at radius 2 is 1.75 bits per heavy atom. The Kier molecular flexibility index (Phi) is 6.24. The van der Waals surface area contributed by atoms with Crippen LogP contribution in [-0.4, -0.2) is 31.1 Å². The van der Waals surface area contributed by atoms with Crippen LogP contribution in [0.1, 0.15) is 25.0 Å². The molecule has 0 aliphatic carbocycles. The van der Waals surface area contributed by atoms with E-state index in [-0.39, 0.29) is 11.9 Å². The topological polar surface area (TPSA) is 38.8 Å². The summed E-state index contributed by atoms with van der Waals surface area (Å²) in [7, 11) is 3.22. The molecule has 0 spiro atoms. The fourth-order valence-corrected chi connectivity index (χ4v) is 2.60. The summed E-state index contributed by atoms with van der Waals surface area (Å²) in [5.74, 6) is 1.47. The Labute approximate surface area is 144 Å². The molecule has 0 N–H and O–H groups in total. The average Bonchev–Trinajstić information content (AvgIpc) is 2.60. The lowest BCUT2D eigenvalue weighted by Crippen LogP contribution is -2.37. The van der Waals surface area contributed by atoms with Crippen molar-refractivity contribution < 1.29 is 14.3 Å². The summed E-state index contributed by atoms with van der Waals surface area (Å²) in [6.07, 6.45) is 0.304. The van der Waals surface area contributed by atoms with Gasteiger partial charge in [0.05, 0.1) is 20.6 Å². The first-order chi connectivity index (χ1) is 11.5. The molecule has 4 heteroatoms. The molecule has 0 aliphatic heterocycles. The van der Waals surface area contributed by atoms with Crippen LogP contribution in [0.5, 0.6) is 11.5 Å². The molecule has 2 aromatic carbocycles. The van der Waals surface area contributed by atoms with Crippen LogP contribution < -0.4 is 9.47 Å². The minimum atomic E-state index is 0.0809. The molecule has 2 aromatic rings. The molecular formula is C20H25NO3. The van der Waals surface area contributed by atoms with Crippen LogP contribution in [0.15, 0.2) is 48.5 Å². The molecule has 0 aliphatic rings. The average molecular weight is 327 g/mol. The first kappa shape index (κ1) is 17.9. The van der Waals surface area contributed by atoms with Crippen molar-refractivity contribution in [1.29, 1.82) is 0 Å². The maximum Gasteiger partial charge on any atom is 0.227 e. The molecule has 0 fully saturated rings. The lowest BCUT2D eigenvalue weighted by Gasteiger charge is -2.27. The minimum Gasteiger partial charge on any atom is -0.497 e. The van der Waals surface area contributed by atoms with Gasteiger partial charge in [0.2, 0.25) is 5.91 Å². The van der Waals surface area contributed by atoms with E-state index in [1.54, 1.807) is 20.3 Å². The number of nitrogens with zero attached hydrogens (tertiary/aromatic N) is 1. The number of hydrogen-bond donors (Lipinski definition) is 0. The zero-order valence-electron chi connectivity index (χ0n) is 14.8. The van der Waals surface area contributed by atoms with E-state index in [2.05, 4.69) is 0 Å². The summed E-state index contributed by atoms with van der Waals surface area (Å²) in [5, 5.41) is 0. The predicted octanol–water partition coefficient (Wildman–Crippen LogP) is 3.68. The number of amides is 1. The van der Waals surface area contributed by atoms with Crippen LogP contribution in [0.2, 0.25) is 0 Å². The summed E-state index contributed by atoms with van der Waals surface area (Å²) in [5.41, 5.74) is 1.99. The fraction of sp³-hybridized carbons (Fsp3) is 0.350. The standard InChI is InChI=1S/C20H25NO3/c1-15(2)21(14-16-8-6-5-7-9-16)20(22)12-17-10-11-18(23-3)13-19(17)24-4/h5-11,13,15H,12,14H2,1-4H3. The van der Waals surface area contributed by atoms with Crippen LogP contribution in [0, 0.1) is 0 Å². The number of hydrogen-bond acceptors (Lipinski definition) is 3. The molecule has 1 amide bonds. The highest BCUT2D eigenvalue weighted by Crippen LogP contribution is 2.25. The van der Waals surface area contributed by atoms with Gasteiger partial charge in [-0.2, -0.15) is 0 Å². The molecule has 128 valence electrons. The van der Waals surface area contributed by atoms with E-state index in [1.807, 2.05) is 61.2 Å². The highest BCUT2D eigenvalue weighted by atomic mass is 16.5. The SMILES string of the molecule is COc1ccc(CC(=O)N(Cc2ccccc2)C(C)C)c(OC)c1. The Balaban J connectivity index is 2.16. The van der Waals surface area contributed by atoms with E-state index in [1.165, 1.54) is 0 Å². The zero-order chi connectivity index (χ0) is 17.5. The predicted molar refractivity (Wildman–Crippen MR) is 95.4 cm³/mol. The quantitative estimate of drug-likeness (QED) is 0.778. The van der Waals surface area contributed by atoms with Gasteiger partial charge in [-0.25, -0.2) is 0 Å². The van der Waals surface area contributed by atoms with Crippen LogP contribution in [0.4, 0.5) is 0 Å². The van der Waals surface area contributed by atoms with Gasteiger partial charge in [0.15, 0.2) is 0 Å². The first-order valence-corrected chi connectivity index (χ1v) is 8.09. The second-order valence-electron chi connectivity index (χ2n) is 5.96. The van der Waals surface area contributed by atoms with Crippen molar-refractivity contribution >= 4 is 5.91 Å². The number of carbonyl (C=O) groups is 1. The Hall–Kier alpha value is -2.49. The van der Waals surface area contributed by atoms with Crippen molar-refractivity contribution in [2.24, 2.45) is 0 Å².